The SMILES string of the molecule is CCOC1CC(CC(O)C(CN)c2ccc(Br)cc2)C1. The molecule has 112 valence electrons. The maximum atomic E-state index is 10.5. The van der Waals surface area contributed by atoms with E-state index in [2.05, 4.69) is 15.9 Å². The van der Waals surface area contributed by atoms with Gasteiger partial charge in [-0.15, -0.1) is 0 Å². The van der Waals surface area contributed by atoms with Crippen molar-refractivity contribution in [3.8, 4) is 0 Å². The fraction of sp³-hybridized carbons (Fsp3) is 0.625. The minimum Gasteiger partial charge on any atom is -0.392 e. The van der Waals surface area contributed by atoms with Gasteiger partial charge in [-0.25, -0.2) is 0 Å². The first kappa shape index (κ1) is 16.0. The van der Waals surface area contributed by atoms with E-state index in [0.29, 0.717) is 18.6 Å². The van der Waals surface area contributed by atoms with Crippen LogP contribution in [0.15, 0.2) is 28.7 Å². The molecular weight excluding hydrogens is 318 g/mol. The lowest BCUT2D eigenvalue weighted by Crippen LogP contribution is -2.36. The highest BCUT2D eigenvalue weighted by Gasteiger charge is 2.33. The van der Waals surface area contributed by atoms with Gasteiger partial charge in [-0.1, -0.05) is 28.1 Å². The predicted molar refractivity (Wildman–Crippen MR) is 84.7 cm³/mol. The molecule has 0 aromatic heterocycles. The van der Waals surface area contributed by atoms with Gasteiger partial charge in [-0.05, 0) is 49.8 Å². The monoisotopic (exact) mass is 341 g/mol. The van der Waals surface area contributed by atoms with Gasteiger partial charge in [0.15, 0.2) is 0 Å². The number of hydrogen-bond acceptors (Lipinski definition) is 3. The molecule has 0 saturated heterocycles. The van der Waals surface area contributed by atoms with Gasteiger partial charge in [0.05, 0.1) is 12.2 Å². The van der Waals surface area contributed by atoms with E-state index in [0.717, 1.165) is 35.9 Å². The molecule has 0 bridgehead atoms. The van der Waals surface area contributed by atoms with E-state index in [4.69, 9.17) is 10.5 Å². The molecule has 1 aromatic rings. The van der Waals surface area contributed by atoms with E-state index in [1.165, 1.54) is 0 Å². The first-order valence-corrected chi connectivity index (χ1v) is 8.18. The summed E-state index contributed by atoms with van der Waals surface area (Å²) < 4.78 is 6.61. The summed E-state index contributed by atoms with van der Waals surface area (Å²) in [5.41, 5.74) is 6.97. The summed E-state index contributed by atoms with van der Waals surface area (Å²) in [5.74, 6) is 0.597. The molecule has 0 amide bonds. The van der Waals surface area contributed by atoms with Gasteiger partial charge in [0.1, 0.15) is 0 Å². The van der Waals surface area contributed by atoms with Crippen LogP contribution >= 0.6 is 15.9 Å². The number of ether oxygens (including phenoxy) is 1. The van der Waals surface area contributed by atoms with Crippen LogP contribution in [0.5, 0.6) is 0 Å². The molecule has 4 heteroatoms. The molecule has 3 nitrogen and oxygen atoms in total. The molecule has 2 unspecified atom stereocenters. The van der Waals surface area contributed by atoms with Crippen molar-refractivity contribution in [2.75, 3.05) is 13.2 Å². The number of benzene rings is 1. The number of hydrogen-bond donors (Lipinski definition) is 2. The Bertz CT molecular complexity index is 403. The van der Waals surface area contributed by atoms with E-state index in [-0.39, 0.29) is 12.0 Å². The van der Waals surface area contributed by atoms with Crippen molar-refractivity contribution < 1.29 is 9.84 Å². The molecule has 0 aliphatic heterocycles. The summed E-state index contributed by atoms with van der Waals surface area (Å²) in [4.78, 5) is 0. The summed E-state index contributed by atoms with van der Waals surface area (Å²) in [6, 6.07) is 8.07. The topological polar surface area (TPSA) is 55.5 Å². The summed E-state index contributed by atoms with van der Waals surface area (Å²) in [7, 11) is 0. The van der Waals surface area contributed by atoms with Gasteiger partial charge in [-0.2, -0.15) is 0 Å². The van der Waals surface area contributed by atoms with Crippen molar-refractivity contribution >= 4 is 15.9 Å². The largest absolute Gasteiger partial charge is 0.392 e. The summed E-state index contributed by atoms with van der Waals surface area (Å²) in [5, 5.41) is 10.5. The number of rotatable bonds is 7. The Kier molecular flexibility index (Phi) is 6.02. The smallest absolute Gasteiger partial charge is 0.0623 e. The molecule has 1 saturated carbocycles. The molecule has 0 heterocycles. The minimum atomic E-state index is -0.367. The average Bonchev–Trinajstić information content (AvgIpc) is 2.39. The van der Waals surface area contributed by atoms with E-state index < -0.39 is 0 Å². The van der Waals surface area contributed by atoms with E-state index >= 15 is 0 Å². The Hall–Kier alpha value is -0.420. The minimum absolute atomic E-state index is 0.0224. The average molecular weight is 342 g/mol. The molecule has 20 heavy (non-hydrogen) atoms. The number of aliphatic hydroxyl groups is 1. The number of halogens is 1. The van der Waals surface area contributed by atoms with Crippen LogP contribution in [0.4, 0.5) is 0 Å². The quantitative estimate of drug-likeness (QED) is 0.801. The standard InChI is InChI=1S/C16H24BrNO2/c1-2-20-14-7-11(8-14)9-16(19)15(10-18)12-3-5-13(17)6-4-12/h3-6,11,14-16,19H,2,7-10,18H2,1H3. The molecule has 0 radical (unpaired) electrons. The Balaban J connectivity index is 1.86. The van der Waals surface area contributed by atoms with Crippen LogP contribution in [0.1, 0.15) is 37.7 Å². The molecule has 3 N–H and O–H groups in total. The number of aliphatic hydroxyl groups excluding tert-OH is 1. The second kappa shape index (κ2) is 7.55. The van der Waals surface area contributed by atoms with Crippen LogP contribution in [0.25, 0.3) is 0 Å². The highest BCUT2D eigenvalue weighted by atomic mass is 79.9. The first-order chi connectivity index (χ1) is 9.63. The summed E-state index contributed by atoms with van der Waals surface area (Å²) in [6.07, 6.45) is 3.00. The fourth-order valence-corrected chi connectivity index (χ4v) is 3.23. The first-order valence-electron chi connectivity index (χ1n) is 7.39. The Morgan fingerprint density at radius 3 is 2.55 bits per heavy atom. The third-order valence-electron chi connectivity index (χ3n) is 4.19. The van der Waals surface area contributed by atoms with Gasteiger partial charge in [-0.3, -0.25) is 0 Å². The van der Waals surface area contributed by atoms with Gasteiger partial charge < -0.3 is 15.6 Å². The normalized spacial score (nSPS) is 25.0. The molecule has 0 spiro atoms. The zero-order valence-corrected chi connectivity index (χ0v) is 13.6. The molecule has 1 aromatic carbocycles. The van der Waals surface area contributed by atoms with Crippen molar-refractivity contribution in [3.05, 3.63) is 34.3 Å². The van der Waals surface area contributed by atoms with Gasteiger partial charge in [0.2, 0.25) is 0 Å². The summed E-state index contributed by atoms with van der Waals surface area (Å²) in [6.45, 7) is 3.29. The van der Waals surface area contributed by atoms with Crippen LogP contribution in [0.3, 0.4) is 0 Å². The highest BCUT2D eigenvalue weighted by molar-refractivity contribution is 9.10. The third-order valence-corrected chi connectivity index (χ3v) is 4.71. The summed E-state index contributed by atoms with van der Waals surface area (Å²) >= 11 is 3.43. The van der Waals surface area contributed by atoms with E-state index in [1.54, 1.807) is 0 Å². The van der Waals surface area contributed by atoms with E-state index in [9.17, 15) is 5.11 Å². The van der Waals surface area contributed by atoms with Crippen molar-refractivity contribution in [2.24, 2.45) is 11.7 Å². The number of nitrogens with two attached hydrogens (primary N) is 1. The Morgan fingerprint density at radius 2 is 2.00 bits per heavy atom. The van der Waals surface area contributed by atoms with Crippen LogP contribution in [0, 0.1) is 5.92 Å². The lowest BCUT2D eigenvalue weighted by molar-refractivity contribution is -0.0398. The van der Waals surface area contributed by atoms with Crippen molar-refractivity contribution in [1.82, 2.24) is 0 Å². The molecular formula is C16H24BrNO2. The highest BCUT2D eigenvalue weighted by Crippen LogP contribution is 2.36. The Labute approximate surface area is 129 Å². The molecule has 2 rings (SSSR count). The molecule has 2 atom stereocenters. The third kappa shape index (κ3) is 4.04. The Morgan fingerprint density at radius 1 is 1.35 bits per heavy atom. The lowest BCUT2D eigenvalue weighted by Gasteiger charge is -2.37. The van der Waals surface area contributed by atoms with Crippen LogP contribution in [-0.4, -0.2) is 30.5 Å². The van der Waals surface area contributed by atoms with Crippen molar-refractivity contribution in [1.29, 1.82) is 0 Å². The maximum absolute atomic E-state index is 10.5. The van der Waals surface area contributed by atoms with Crippen LogP contribution in [0.2, 0.25) is 0 Å². The second-order valence-electron chi connectivity index (χ2n) is 5.61. The predicted octanol–water partition coefficient (Wildman–Crippen LogP) is 3.06. The molecule has 1 aliphatic carbocycles. The second-order valence-corrected chi connectivity index (χ2v) is 6.53. The van der Waals surface area contributed by atoms with Gasteiger partial charge in [0, 0.05) is 23.5 Å². The van der Waals surface area contributed by atoms with Crippen molar-refractivity contribution in [2.45, 2.75) is 44.3 Å². The maximum Gasteiger partial charge on any atom is 0.0623 e. The van der Waals surface area contributed by atoms with Crippen molar-refractivity contribution in [3.63, 3.8) is 0 Å². The zero-order chi connectivity index (χ0) is 14.5. The van der Waals surface area contributed by atoms with Gasteiger partial charge >= 0.3 is 0 Å². The zero-order valence-electron chi connectivity index (χ0n) is 12.0. The van der Waals surface area contributed by atoms with E-state index in [1.807, 2.05) is 31.2 Å². The van der Waals surface area contributed by atoms with Crippen LogP contribution < -0.4 is 5.73 Å². The lowest BCUT2D eigenvalue weighted by atomic mass is 9.76. The molecule has 1 fully saturated rings. The fourth-order valence-electron chi connectivity index (χ4n) is 2.97. The van der Waals surface area contributed by atoms with Crippen LogP contribution in [-0.2, 0) is 4.74 Å². The van der Waals surface area contributed by atoms with Gasteiger partial charge in [0.25, 0.3) is 0 Å². The molecule has 1 aliphatic rings.